The van der Waals surface area contributed by atoms with Crippen LogP contribution in [0.1, 0.15) is 5.82 Å². The number of aromatic nitrogens is 6. The molecule has 0 saturated carbocycles. The lowest BCUT2D eigenvalue weighted by Crippen LogP contribution is -2.25. The predicted octanol–water partition coefficient (Wildman–Crippen LogP) is 2.24. The van der Waals surface area contributed by atoms with Crippen molar-refractivity contribution in [2.75, 3.05) is 0 Å². The second kappa shape index (κ2) is 6.02. The molecule has 0 N–H and O–H groups in total. The minimum atomic E-state index is -0.439. The van der Waals surface area contributed by atoms with E-state index in [2.05, 4.69) is 20.6 Å². The van der Waals surface area contributed by atoms with Crippen LogP contribution < -0.4 is 5.69 Å². The summed E-state index contributed by atoms with van der Waals surface area (Å²) in [5, 5.41) is 13.9. The van der Waals surface area contributed by atoms with Crippen molar-refractivity contribution in [3.63, 3.8) is 0 Å². The van der Waals surface area contributed by atoms with Crippen LogP contribution in [0.15, 0.2) is 51.1 Å². The van der Waals surface area contributed by atoms with Crippen molar-refractivity contribution in [3.8, 4) is 16.5 Å². The molecule has 8 nitrogen and oxygen atoms in total. The zero-order valence-corrected chi connectivity index (χ0v) is 13.6. The molecule has 0 radical (unpaired) electrons. The predicted molar refractivity (Wildman–Crippen MR) is 87.3 cm³/mol. The van der Waals surface area contributed by atoms with E-state index in [1.165, 1.54) is 11.3 Å². The largest absolute Gasteiger partial charge is 0.368 e. The molecule has 3 heterocycles. The van der Waals surface area contributed by atoms with Crippen LogP contribution in [0.25, 0.3) is 16.5 Å². The Morgan fingerprint density at radius 2 is 2.04 bits per heavy atom. The Bertz CT molecular complexity index is 1040. The van der Waals surface area contributed by atoms with Gasteiger partial charge in [0.1, 0.15) is 6.54 Å². The first-order valence-electron chi connectivity index (χ1n) is 6.86. The Labute approximate surface area is 143 Å². The Morgan fingerprint density at radius 3 is 2.83 bits per heavy atom. The molecular weight excluding hydrogens is 352 g/mol. The Kier molecular flexibility index (Phi) is 3.71. The van der Waals surface area contributed by atoms with Gasteiger partial charge in [-0.05, 0) is 34.0 Å². The van der Waals surface area contributed by atoms with Gasteiger partial charge in [0.2, 0.25) is 0 Å². The normalized spacial score (nSPS) is 11.0. The standard InChI is InChI=1S/C14H9ClN6O2S/c15-9-4-1-2-5-10(9)21-14(22)20(18-19-21)8-12-16-13(23-17-12)11-6-3-7-24-11/h1-7H,8H2. The highest BCUT2D eigenvalue weighted by molar-refractivity contribution is 7.13. The van der Waals surface area contributed by atoms with Crippen molar-refractivity contribution in [2.24, 2.45) is 0 Å². The molecule has 4 aromatic rings. The lowest BCUT2D eigenvalue weighted by molar-refractivity contribution is 0.418. The maximum atomic E-state index is 12.4. The number of benzene rings is 1. The molecule has 3 aromatic heterocycles. The molecule has 0 aliphatic rings. The number of para-hydroxylation sites is 1. The molecule has 10 heteroatoms. The smallest absolute Gasteiger partial charge is 0.333 e. The average Bonchev–Trinajstić information content (AvgIpc) is 3.31. The van der Waals surface area contributed by atoms with Crippen LogP contribution in [0.2, 0.25) is 5.02 Å². The molecule has 0 unspecified atom stereocenters. The van der Waals surface area contributed by atoms with Crippen LogP contribution >= 0.6 is 22.9 Å². The first-order chi connectivity index (χ1) is 11.7. The molecule has 0 fully saturated rings. The fourth-order valence-corrected chi connectivity index (χ4v) is 2.96. The van der Waals surface area contributed by atoms with Crippen molar-refractivity contribution >= 4 is 22.9 Å². The van der Waals surface area contributed by atoms with E-state index in [0.717, 1.165) is 14.2 Å². The zero-order chi connectivity index (χ0) is 16.5. The number of nitrogens with zero attached hydrogens (tertiary/aromatic N) is 6. The van der Waals surface area contributed by atoms with E-state index < -0.39 is 5.69 Å². The van der Waals surface area contributed by atoms with Crippen molar-refractivity contribution in [2.45, 2.75) is 6.54 Å². The summed E-state index contributed by atoms with van der Waals surface area (Å²) in [5.41, 5.74) is 0.0216. The molecule has 24 heavy (non-hydrogen) atoms. The van der Waals surface area contributed by atoms with E-state index in [9.17, 15) is 4.79 Å². The van der Waals surface area contributed by atoms with Gasteiger partial charge >= 0.3 is 5.69 Å². The van der Waals surface area contributed by atoms with E-state index in [1.54, 1.807) is 24.3 Å². The minimum absolute atomic E-state index is 0.0537. The summed E-state index contributed by atoms with van der Waals surface area (Å²) in [6.45, 7) is 0.0537. The molecule has 0 bridgehead atoms. The van der Waals surface area contributed by atoms with E-state index in [1.807, 2.05) is 17.5 Å². The maximum absolute atomic E-state index is 12.4. The molecule has 0 amide bonds. The number of hydrogen-bond acceptors (Lipinski definition) is 7. The monoisotopic (exact) mass is 360 g/mol. The van der Waals surface area contributed by atoms with Gasteiger partial charge in [-0.25, -0.2) is 4.79 Å². The highest BCUT2D eigenvalue weighted by Crippen LogP contribution is 2.22. The second-order valence-electron chi connectivity index (χ2n) is 4.78. The van der Waals surface area contributed by atoms with Crippen molar-refractivity contribution in [1.82, 2.24) is 29.9 Å². The molecule has 1 aromatic carbocycles. The topological polar surface area (TPSA) is 91.6 Å². The summed E-state index contributed by atoms with van der Waals surface area (Å²) in [6.07, 6.45) is 0. The number of tetrazole rings is 1. The highest BCUT2D eigenvalue weighted by atomic mass is 35.5. The number of rotatable bonds is 4. The quantitative estimate of drug-likeness (QED) is 0.554. The third kappa shape index (κ3) is 2.63. The van der Waals surface area contributed by atoms with E-state index >= 15 is 0 Å². The van der Waals surface area contributed by atoms with E-state index in [4.69, 9.17) is 16.1 Å². The number of thiophene rings is 1. The third-order valence-electron chi connectivity index (χ3n) is 3.21. The van der Waals surface area contributed by atoms with Gasteiger partial charge in [0, 0.05) is 0 Å². The maximum Gasteiger partial charge on any atom is 0.368 e. The Hall–Kier alpha value is -2.78. The minimum Gasteiger partial charge on any atom is -0.333 e. The molecule has 0 aliphatic heterocycles. The Morgan fingerprint density at radius 1 is 1.17 bits per heavy atom. The van der Waals surface area contributed by atoms with Crippen LogP contribution in [0.3, 0.4) is 0 Å². The van der Waals surface area contributed by atoms with Gasteiger partial charge < -0.3 is 4.52 Å². The van der Waals surface area contributed by atoms with Crippen LogP contribution in [0, 0.1) is 0 Å². The molecule has 4 rings (SSSR count). The number of halogens is 1. The third-order valence-corrected chi connectivity index (χ3v) is 4.39. The molecular formula is C14H9ClN6O2S. The van der Waals surface area contributed by atoms with Crippen molar-refractivity contribution < 1.29 is 4.52 Å². The van der Waals surface area contributed by atoms with E-state index in [0.29, 0.717) is 22.4 Å². The summed E-state index contributed by atoms with van der Waals surface area (Å²) in [7, 11) is 0. The molecule has 0 atom stereocenters. The van der Waals surface area contributed by atoms with Crippen LogP contribution in [-0.4, -0.2) is 29.9 Å². The fourth-order valence-electron chi connectivity index (χ4n) is 2.10. The molecule has 120 valence electrons. The first kappa shape index (κ1) is 14.8. The van der Waals surface area contributed by atoms with Gasteiger partial charge in [0.15, 0.2) is 5.82 Å². The van der Waals surface area contributed by atoms with Gasteiger partial charge in [-0.1, -0.05) is 35.0 Å². The van der Waals surface area contributed by atoms with Gasteiger partial charge in [0.25, 0.3) is 5.89 Å². The van der Waals surface area contributed by atoms with Crippen LogP contribution in [-0.2, 0) is 6.54 Å². The molecule has 0 aliphatic carbocycles. The van der Waals surface area contributed by atoms with Gasteiger partial charge in [-0.3, -0.25) is 0 Å². The Balaban J connectivity index is 1.63. The summed E-state index contributed by atoms with van der Waals surface area (Å²) in [6, 6.07) is 10.7. The first-order valence-corrected chi connectivity index (χ1v) is 8.12. The average molecular weight is 361 g/mol. The fraction of sp³-hybridized carbons (Fsp3) is 0.0714. The molecule has 0 saturated heterocycles. The summed E-state index contributed by atoms with van der Waals surface area (Å²) >= 11 is 7.58. The lowest BCUT2D eigenvalue weighted by atomic mass is 10.3. The molecule has 0 spiro atoms. The number of hydrogen-bond donors (Lipinski definition) is 0. The summed E-state index contributed by atoms with van der Waals surface area (Å²) < 4.78 is 7.46. The van der Waals surface area contributed by atoms with Gasteiger partial charge in [0.05, 0.1) is 15.6 Å². The van der Waals surface area contributed by atoms with Crippen LogP contribution in [0.4, 0.5) is 0 Å². The SMILES string of the molecule is O=c1n(Cc2noc(-c3cccs3)n2)nnn1-c1ccccc1Cl. The second-order valence-corrected chi connectivity index (χ2v) is 6.13. The summed E-state index contributed by atoms with van der Waals surface area (Å²) in [4.78, 5) is 17.5. The summed E-state index contributed by atoms with van der Waals surface area (Å²) in [5.74, 6) is 0.748. The van der Waals surface area contributed by atoms with Crippen LogP contribution in [0.5, 0.6) is 0 Å². The van der Waals surface area contributed by atoms with Gasteiger partial charge in [-0.2, -0.15) is 14.3 Å². The van der Waals surface area contributed by atoms with Crippen molar-refractivity contribution in [1.29, 1.82) is 0 Å². The van der Waals surface area contributed by atoms with E-state index in [-0.39, 0.29) is 6.54 Å². The zero-order valence-electron chi connectivity index (χ0n) is 12.0. The highest BCUT2D eigenvalue weighted by Gasteiger charge is 2.15. The van der Waals surface area contributed by atoms with Crippen molar-refractivity contribution in [3.05, 3.63) is 63.1 Å². The van der Waals surface area contributed by atoms with Gasteiger partial charge in [-0.15, -0.1) is 11.3 Å². The lowest BCUT2D eigenvalue weighted by Gasteiger charge is -1.99.